The molecule has 1 aliphatic rings. The van der Waals surface area contributed by atoms with Crippen LogP contribution < -0.4 is 10.9 Å². The highest BCUT2D eigenvalue weighted by molar-refractivity contribution is 7.89. The second-order valence-electron chi connectivity index (χ2n) is 7.62. The van der Waals surface area contributed by atoms with E-state index in [1.165, 1.54) is 0 Å². The first-order valence-corrected chi connectivity index (χ1v) is 11.3. The van der Waals surface area contributed by atoms with Crippen LogP contribution in [0.1, 0.15) is 24.1 Å². The molecule has 158 valence electrons. The van der Waals surface area contributed by atoms with Crippen molar-refractivity contribution in [1.29, 1.82) is 0 Å². The Hall–Kier alpha value is -2.75. The second-order valence-corrected chi connectivity index (χ2v) is 9.18. The number of hydrogen-bond donors (Lipinski definition) is 2. The van der Waals surface area contributed by atoms with Crippen molar-refractivity contribution >= 4 is 15.8 Å². The highest BCUT2D eigenvalue weighted by atomic mass is 32.2. The van der Waals surface area contributed by atoms with Crippen LogP contribution in [0.4, 0.5) is 5.82 Å². The summed E-state index contributed by atoms with van der Waals surface area (Å²) in [4.78, 5) is 4.36. The molecule has 4 N–H and O–H groups in total. The number of aryl methyl sites for hydroxylation is 2. The fourth-order valence-corrected chi connectivity index (χ4v) is 4.24. The number of rotatable bonds is 6. The first kappa shape index (κ1) is 20.5. The molecule has 1 aliphatic heterocycles. The number of nitrogen functional groups attached to an aromatic ring is 1. The van der Waals surface area contributed by atoms with Gasteiger partial charge in [0.15, 0.2) is 5.76 Å². The summed E-state index contributed by atoms with van der Waals surface area (Å²) < 4.78 is 34.7. The summed E-state index contributed by atoms with van der Waals surface area (Å²) in [7, 11) is -3.84. The lowest BCUT2D eigenvalue weighted by molar-refractivity contribution is 0.184. The third kappa shape index (κ3) is 4.38. The molecule has 9 heteroatoms. The smallest absolute Gasteiger partial charge is 0.238 e. The second kappa shape index (κ2) is 8.17. The lowest BCUT2D eigenvalue weighted by atomic mass is 9.93. The molecule has 0 bridgehead atoms. The Balaban J connectivity index is 1.77. The lowest BCUT2D eigenvalue weighted by Crippen LogP contribution is -2.12. The molecule has 3 heterocycles. The van der Waals surface area contributed by atoms with Gasteiger partial charge in [0, 0.05) is 31.0 Å². The summed E-state index contributed by atoms with van der Waals surface area (Å²) in [5, 5.41) is 9.28. The van der Waals surface area contributed by atoms with Gasteiger partial charge in [-0.25, -0.2) is 18.5 Å². The molecule has 4 rings (SSSR count). The Kier molecular flexibility index (Phi) is 5.59. The average Bonchev–Trinajstić information content (AvgIpc) is 3.38. The number of hydrogen-bond acceptors (Lipinski definition) is 7. The maximum atomic E-state index is 11.9. The summed E-state index contributed by atoms with van der Waals surface area (Å²) in [6.07, 6.45) is 4.42. The average molecular weight is 429 g/mol. The highest BCUT2D eigenvalue weighted by Gasteiger charge is 2.19. The van der Waals surface area contributed by atoms with Crippen LogP contribution in [0.5, 0.6) is 0 Å². The van der Waals surface area contributed by atoms with Crippen molar-refractivity contribution in [2.24, 2.45) is 11.1 Å². The zero-order chi connectivity index (χ0) is 21.3. The topological polar surface area (TPSA) is 134 Å². The Bertz CT molecular complexity index is 1170. The fourth-order valence-electron chi connectivity index (χ4n) is 3.70. The molecular weight excluding hydrogens is 404 g/mol. The van der Waals surface area contributed by atoms with Crippen LogP contribution >= 0.6 is 0 Å². The SMILES string of the molecule is Cc1cc(-c2cc(-c3cc(S(N)(=O)=O)ccc3CC[C@@H]3CCOC3)cnc2N)on1. The monoisotopic (exact) mass is 428 g/mol. The number of sulfonamides is 1. The molecule has 0 spiro atoms. The van der Waals surface area contributed by atoms with Gasteiger partial charge in [0.2, 0.25) is 10.0 Å². The highest BCUT2D eigenvalue weighted by Crippen LogP contribution is 2.33. The van der Waals surface area contributed by atoms with Crippen molar-refractivity contribution in [3.63, 3.8) is 0 Å². The van der Waals surface area contributed by atoms with Gasteiger partial charge in [-0.1, -0.05) is 11.2 Å². The quantitative estimate of drug-likeness (QED) is 0.616. The van der Waals surface area contributed by atoms with Gasteiger partial charge in [-0.3, -0.25) is 0 Å². The number of aromatic nitrogens is 2. The molecule has 1 atom stereocenters. The maximum Gasteiger partial charge on any atom is 0.238 e. The van der Waals surface area contributed by atoms with Crippen molar-refractivity contribution in [2.45, 2.75) is 31.1 Å². The van der Waals surface area contributed by atoms with Crippen LogP contribution in [-0.4, -0.2) is 31.8 Å². The predicted octanol–water partition coefficient (Wildman–Crippen LogP) is 2.91. The number of ether oxygens (including phenoxy) is 1. The number of nitrogens with two attached hydrogens (primary N) is 2. The molecule has 2 aromatic heterocycles. The number of pyridine rings is 1. The van der Waals surface area contributed by atoms with Gasteiger partial charge in [-0.05, 0) is 61.4 Å². The van der Waals surface area contributed by atoms with E-state index in [-0.39, 0.29) is 4.90 Å². The molecule has 0 unspecified atom stereocenters. The Morgan fingerprint density at radius 1 is 1.20 bits per heavy atom. The van der Waals surface area contributed by atoms with E-state index < -0.39 is 10.0 Å². The van der Waals surface area contributed by atoms with Crippen molar-refractivity contribution in [2.75, 3.05) is 18.9 Å². The summed E-state index contributed by atoms with van der Waals surface area (Å²) in [5.41, 5.74) is 9.89. The number of nitrogens with zero attached hydrogens (tertiary/aromatic N) is 2. The number of primary sulfonamides is 1. The molecule has 0 saturated carbocycles. The molecular formula is C21H24N4O4S. The summed E-state index contributed by atoms with van der Waals surface area (Å²) in [6, 6.07) is 8.58. The lowest BCUT2D eigenvalue weighted by Gasteiger charge is -2.14. The Labute approximate surface area is 175 Å². The molecule has 30 heavy (non-hydrogen) atoms. The predicted molar refractivity (Wildman–Crippen MR) is 113 cm³/mol. The van der Waals surface area contributed by atoms with Crippen molar-refractivity contribution in [3.05, 3.63) is 47.8 Å². The van der Waals surface area contributed by atoms with Gasteiger partial charge in [0.05, 0.1) is 16.2 Å². The third-order valence-electron chi connectivity index (χ3n) is 5.38. The van der Waals surface area contributed by atoms with Crippen LogP contribution in [0, 0.1) is 12.8 Å². The van der Waals surface area contributed by atoms with Gasteiger partial charge in [0.25, 0.3) is 0 Å². The van der Waals surface area contributed by atoms with E-state index in [9.17, 15) is 8.42 Å². The molecule has 1 fully saturated rings. The van der Waals surface area contributed by atoms with Crippen molar-refractivity contribution in [3.8, 4) is 22.5 Å². The first-order chi connectivity index (χ1) is 14.3. The summed E-state index contributed by atoms with van der Waals surface area (Å²) in [6.45, 7) is 3.38. The molecule has 0 aliphatic carbocycles. The molecule has 0 amide bonds. The number of anilines is 1. The molecule has 3 aromatic rings. The molecule has 1 aromatic carbocycles. The van der Waals surface area contributed by atoms with Crippen molar-refractivity contribution in [1.82, 2.24) is 10.1 Å². The van der Waals surface area contributed by atoms with Crippen LogP contribution in [0.15, 0.2) is 45.9 Å². The van der Waals surface area contributed by atoms with E-state index in [0.717, 1.165) is 54.9 Å². The van der Waals surface area contributed by atoms with Gasteiger partial charge >= 0.3 is 0 Å². The van der Waals surface area contributed by atoms with E-state index in [2.05, 4.69) is 10.1 Å². The fraction of sp³-hybridized carbons (Fsp3) is 0.333. The van der Waals surface area contributed by atoms with Crippen LogP contribution in [0.2, 0.25) is 0 Å². The van der Waals surface area contributed by atoms with E-state index in [1.54, 1.807) is 24.4 Å². The van der Waals surface area contributed by atoms with E-state index in [1.807, 2.05) is 19.1 Å². The number of benzene rings is 1. The van der Waals surface area contributed by atoms with Crippen LogP contribution in [0.3, 0.4) is 0 Å². The van der Waals surface area contributed by atoms with Crippen LogP contribution in [0.25, 0.3) is 22.5 Å². The summed E-state index contributed by atoms with van der Waals surface area (Å²) in [5.74, 6) is 1.32. The Morgan fingerprint density at radius 2 is 2.03 bits per heavy atom. The zero-order valence-corrected chi connectivity index (χ0v) is 17.5. The third-order valence-corrected chi connectivity index (χ3v) is 6.29. The zero-order valence-electron chi connectivity index (χ0n) is 16.7. The van der Waals surface area contributed by atoms with Gasteiger partial charge in [-0.15, -0.1) is 0 Å². The Morgan fingerprint density at radius 3 is 2.70 bits per heavy atom. The molecule has 1 saturated heterocycles. The van der Waals surface area contributed by atoms with E-state index in [0.29, 0.717) is 23.1 Å². The van der Waals surface area contributed by atoms with Gasteiger partial charge < -0.3 is 15.0 Å². The molecule has 8 nitrogen and oxygen atoms in total. The van der Waals surface area contributed by atoms with Gasteiger partial charge in [-0.2, -0.15) is 0 Å². The first-order valence-electron chi connectivity index (χ1n) is 9.74. The van der Waals surface area contributed by atoms with Crippen LogP contribution in [-0.2, 0) is 21.2 Å². The van der Waals surface area contributed by atoms with E-state index in [4.69, 9.17) is 20.1 Å². The minimum absolute atomic E-state index is 0.0549. The van der Waals surface area contributed by atoms with E-state index >= 15 is 0 Å². The van der Waals surface area contributed by atoms with Gasteiger partial charge in [0.1, 0.15) is 5.82 Å². The maximum absolute atomic E-state index is 11.9. The van der Waals surface area contributed by atoms with Crippen molar-refractivity contribution < 1.29 is 17.7 Å². The minimum atomic E-state index is -3.84. The normalized spacial score (nSPS) is 16.8. The largest absolute Gasteiger partial charge is 0.383 e. The standard InChI is InChI=1S/C21H24N4O4S/c1-13-8-20(29-25-13)19-9-16(11-24-21(19)22)18-10-17(30(23,26)27)5-4-15(18)3-2-14-6-7-28-12-14/h4-5,8-11,14H,2-3,6-7,12H2,1H3,(H2,22,24)(H2,23,26,27)/t14-/m1/s1. The molecule has 0 radical (unpaired) electrons. The minimum Gasteiger partial charge on any atom is -0.383 e. The summed E-state index contributed by atoms with van der Waals surface area (Å²) >= 11 is 0.